The van der Waals surface area contributed by atoms with Crippen LogP contribution < -0.4 is 10.0 Å². The fraction of sp³-hybridized carbons (Fsp3) is 0.571. The van der Waals surface area contributed by atoms with Crippen LogP contribution in [0.1, 0.15) is 12.8 Å². The lowest BCUT2D eigenvalue weighted by Gasteiger charge is -2.32. The fourth-order valence-corrected chi connectivity index (χ4v) is 4.61. The van der Waals surface area contributed by atoms with Crippen molar-refractivity contribution in [2.24, 2.45) is 5.92 Å². The zero-order chi connectivity index (χ0) is 15.3. The van der Waals surface area contributed by atoms with Gasteiger partial charge < -0.3 is 5.32 Å². The molecule has 0 radical (unpaired) electrons. The van der Waals surface area contributed by atoms with Crippen LogP contribution in [-0.4, -0.2) is 45.7 Å². The van der Waals surface area contributed by atoms with Crippen LogP contribution in [0.2, 0.25) is 0 Å². The summed E-state index contributed by atoms with van der Waals surface area (Å²) in [6.07, 6.45) is 3.93. The van der Waals surface area contributed by atoms with Gasteiger partial charge in [-0.3, -0.25) is 4.72 Å². The largest absolute Gasteiger partial charge is 0.319 e. The van der Waals surface area contributed by atoms with E-state index in [9.17, 15) is 8.42 Å². The van der Waals surface area contributed by atoms with Crippen molar-refractivity contribution in [3.05, 3.63) is 24.3 Å². The zero-order valence-corrected chi connectivity index (χ0v) is 14.1. The van der Waals surface area contributed by atoms with E-state index in [1.807, 2.05) is 31.5 Å². The number of rotatable bonds is 6. The van der Waals surface area contributed by atoms with E-state index < -0.39 is 10.2 Å². The topological polar surface area (TPSA) is 61.4 Å². The molecule has 0 saturated carbocycles. The Labute approximate surface area is 131 Å². The molecule has 1 atom stereocenters. The van der Waals surface area contributed by atoms with E-state index in [4.69, 9.17) is 0 Å². The highest BCUT2D eigenvalue weighted by Crippen LogP contribution is 2.27. The summed E-state index contributed by atoms with van der Waals surface area (Å²) in [5.41, 5.74) is 0.653. The van der Waals surface area contributed by atoms with Crippen LogP contribution in [-0.2, 0) is 10.2 Å². The third-order valence-electron chi connectivity index (χ3n) is 3.66. The highest BCUT2D eigenvalue weighted by Gasteiger charge is 2.28. The Morgan fingerprint density at radius 3 is 2.86 bits per heavy atom. The van der Waals surface area contributed by atoms with Gasteiger partial charge in [0.05, 0.1) is 5.69 Å². The molecule has 21 heavy (non-hydrogen) atoms. The summed E-state index contributed by atoms with van der Waals surface area (Å²) in [4.78, 5) is 0.935. The molecule has 1 fully saturated rings. The summed E-state index contributed by atoms with van der Waals surface area (Å²) in [5.74, 6) is 0.385. The number of thioether (sulfide) groups is 1. The standard InChI is InChI=1S/C14H23N3O2S2/c1-15-10-12-6-5-9-17(11-12)21(18,19)16-13-7-3-4-8-14(13)20-2/h3-4,7-8,12,15-16H,5-6,9-11H2,1-2H3. The van der Waals surface area contributed by atoms with Gasteiger partial charge in [0, 0.05) is 18.0 Å². The quantitative estimate of drug-likeness (QED) is 0.784. The van der Waals surface area contributed by atoms with Crippen molar-refractivity contribution < 1.29 is 8.42 Å². The van der Waals surface area contributed by atoms with Crippen LogP contribution in [0.4, 0.5) is 5.69 Å². The summed E-state index contributed by atoms with van der Waals surface area (Å²) >= 11 is 1.54. The number of piperidine rings is 1. The highest BCUT2D eigenvalue weighted by molar-refractivity contribution is 7.98. The van der Waals surface area contributed by atoms with E-state index in [2.05, 4.69) is 10.0 Å². The first-order valence-electron chi connectivity index (χ1n) is 7.12. The van der Waals surface area contributed by atoms with Gasteiger partial charge in [-0.05, 0) is 50.7 Å². The molecular formula is C14H23N3O2S2. The maximum atomic E-state index is 12.6. The van der Waals surface area contributed by atoms with Crippen LogP contribution in [0.25, 0.3) is 0 Å². The Hall–Kier alpha value is -0.760. The van der Waals surface area contributed by atoms with E-state index in [1.54, 1.807) is 10.4 Å². The van der Waals surface area contributed by atoms with Crippen LogP contribution in [0.15, 0.2) is 29.2 Å². The molecule has 0 amide bonds. The molecule has 1 aliphatic rings. The highest BCUT2D eigenvalue weighted by atomic mass is 32.2. The number of benzene rings is 1. The molecule has 118 valence electrons. The fourth-order valence-electron chi connectivity index (χ4n) is 2.63. The van der Waals surface area contributed by atoms with Gasteiger partial charge in [-0.2, -0.15) is 12.7 Å². The Balaban J connectivity index is 2.10. The van der Waals surface area contributed by atoms with Crippen molar-refractivity contribution in [1.82, 2.24) is 9.62 Å². The lowest BCUT2D eigenvalue weighted by molar-refractivity contribution is 0.264. The predicted molar refractivity (Wildman–Crippen MR) is 89.0 cm³/mol. The molecule has 1 aliphatic heterocycles. The molecule has 1 unspecified atom stereocenters. The summed E-state index contributed by atoms with van der Waals surface area (Å²) in [6, 6.07) is 7.48. The normalized spacial score (nSPS) is 20.4. The molecule has 2 rings (SSSR count). The monoisotopic (exact) mass is 329 g/mol. The van der Waals surface area contributed by atoms with Crippen molar-refractivity contribution in [1.29, 1.82) is 0 Å². The van der Waals surface area contributed by atoms with Crippen molar-refractivity contribution in [2.75, 3.05) is 37.7 Å². The van der Waals surface area contributed by atoms with E-state index in [0.29, 0.717) is 24.7 Å². The van der Waals surface area contributed by atoms with Crippen LogP contribution in [0, 0.1) is 5.92 Å². The number of nitrogens with one attached hydrogen (secondary N) is 2. The van der Waals surface area contributed by atoms with E-state index in [0.717, 1.165) is 24.3 Å². The summed E-state index contributed by atoms with van der Waals surface area (Å²) in [6.45, 7) is 2.03. The average Bonchev–Trinajstić information content (AvgIpc) is 2.48. The van der Waals surface area contributed by atoms with Gasteiger partial charge in [-0.25, -0.2) is 0 Å². The first-order valence-corrected chi connectivity index (χ1v) is 9.79. The van der Waals surface area contributed by atoms with Gasteiger partial charge in [-0.15, -0.1) is 11.8 Å². The van der Waals surface area contributed by atoms with Gasteiger partial charge >= 0.3 is 10.2 Å². The second kappa shape index (κ2) is 7.49. The molecule has 1 aromatic carbocycles. The van der Waals surface area contributed by atoms with E-state index >= 15 is 0 Å². The smallest absolute Gasteiger partial charge is 0.301 e. The lowest BCUT2D eigenvalue weighted by Crippen LogP contribution is -2.44. The number of hydrogen-bond donors (Lipinski definition) is 2. The summed E-state index contributed by atoms with van der Waals surface area (Å²) in [5, 5.41) is 3.13. The summed E-state index contributed by atoms with van der Waals surface area (Å²) in [7, 11) is -1.57. The molecule has 1 heterocycles. The minimum Gasteiger partial charge on any atom is -0.319 e. The SMILES string of the molecule is CNCC1CCCN(S(=O)(=O)Nc2ccccc2SC)C1. The minimum atomic E-state index is -3.48. The summed E-state index contributed by atoms with van der Waals surface area (Å²) < 4.78 is 29.4. The van der Waals surface area contributed by atoms with E-state index in [-0.39, 0.29) is 0 Å². The Bertz CT molecular complexity index is 561. The van der Waals surface area contributed by atoms with Crippen molar-refractivity contribution >= 4 is 27.7 Å². The molecule has 2 N–H and O–H groups in total. The zero-order valence-electron chi connectivity index (χ0n) is 12.5. The Morgan fingerprint density at radius 1 is 1.38 bits per heavy atom. The number of hydrogen-bond acceptors (Lipinski definition) is 4. The maximum absolute atomic E-state index is 12.6. The van der Waals surface area contributed by atoms with Gasteiger partial charge in [0.25, 0.3) is 0 Å². The van der Waals surface area contributed by atoms with E-state index in [1.165, 1.54) is 11.8 Å². The molecule has 0 bridgehead atoms. The van der Waals surface area contributed by atoms with Crippen molar-refractivity contribution in [3.63, 3.8) is 0 Å². The first-order chi connectivity index (χ1) is 10.1. The van der Waals surface area contributed by atoms with Gasteiger partial charge in [-0.1, -0.05) is 12.1 Å². The number of para-hydroxylation sites is 1. The molecule has 0 spiro atoms. The van der Waals surface area contributed by atoms with Crippen LogP contribution >= 0.6 is 11.8 Å². The second-order valence-corrected chi connectivity index (χ2v) is 7.75. The Morgan fingerprint density at radius 2 is 2.14 bits per heavy atom. The first kappa shape index (κ1) is 16.6. The number of nitrogens with zero attached hydrogens (tertiary/aromatic N) is 1. The van der Waals surface area contributed by atoms with Crippen molar-refractivity contribution in [3.8, 4) is 0 Å². The second-order valence-electron chi connectivity index (χ2n) is 5.23. The molecule has 0 aromatic heterocycles. The van der Waals surface area contributed by atoms with Crippen LogP contribution in [0.3, 0.4) is 0 Å². The molecule has 5 nitrogen and oxygen atoms in total. The third-order valence-corrected chi connectivity index (χ3v) is 5.95. The lowest BCUT2D eigenvalue weighted by atomic mass is 10.00. The van der Waals surface area contributed by atoms with Gasteiger partial charge in [0.2, 0.25) is 0 Å². The van der Waals surface area contributed by atoms with Gasteiger partial charge in [0.1, 0.15) is 0 Å². The molecule has 1 aromatic rings. The van der Waals surface area contributed by atoms with Gasteiger partial charge in [0.15, 0.2) is 0 Å². The maximum Gasteiger partial charge on any atom is 0.301 e. The molecule has 1 saturated heterocycles. The average molecular weight is 329 g/mol. The number of anilines is 1. The Kier molecular flexibility index (Phi) is 5.92. The third kappa shape index (κ3) is 4.35. The minimum absolute atomic E-state index is 0.385. The molecular weight excluding hydrogens is 306 g/mol. The predicted octanol–water partition coefficient (Wildman–Crippen LogP) is 2.00. The molecule has 0 aliphatic carbocycles. The molecule has 7 heteroatoms. The van der Waals surface area contributed by atoms with Crippen LogP contribution in [0.5, 0.6) is 0 Å². The van der Waals surface area contributed by atoms with Crippen molar-refractivity contribution in [2.45, 2.75) is 17.7 Å².